The van der Waals surface area contributed by atoms with Crippen LogP contribution < -0.4 is 5.32 Å². The number of carbonyl (C=O) groups excluding carboxylic acids is 2. The Balaban J connectivity index is 1.64. The van der Waals surface area contributed by atoms with Crippen LogP contribution in [0.5, 0.6) is 0 Å². The van der Waals surface area contributed by atoms with Gasteiger partial charge in [-0.05, 0) is 17.5 Å². The van der Waals surface area contributed by atoms with E-state index >= 15 is 0 Å². The zero-order valence-electron chi connectivity index (χ0n) is 16.0. The average Bonchev–Trinajstić information content (AvgIpc) is 3.41. The third-order valence-corrected chi connectivity index (χ3v) is 6.02. The first-order valence-corrected chi connectivity index (χ1v) is 10.2. The van der Waals surface area contributed by atoms with E-state index in [4.69, 9.17) is 9.47 Å². The third kappa shape index (κ3) is 4.02. The second kappa shape index (κ2) is 8.73. The number of rotatable bonds is 6. The monoisotopic (exact) mass is 414 g/mol. The van der Waals surface area contributed by atoms with Crippen LogP contribution in [0.2, 0.25) is 0 Å². The molecule has 1 fully saturated rings. The van der Waals surface area contributed by atoms with Gasteiger partial charge >= 0.3 is 0 Å². The fourth-order valence-electron chi connectivity index (χ4n) is 3.45. The first-order valence-electron chi connectivity index (χ1n) is 9.38. The number of carbonyl (C=O) groups is 2. The van der Waals surface area contributed by atoms with Crippen molar-refractivity contribution < 1.29 is 19.1 Å². The van der Waals surface area contributed by atoms with Gasteiger partial charge in [0.2, 0.25) is 0 Å². The summed E-state index contributed by atoms with van der Waals surface area (Å²) in [4.78, 5) is 27.9. The molecule has 1 saturated heterocycles. The van der Waals surface area contributed by atoms with Gasteiger partial charge in [-0.2, -0.15) is 5.10 Å². The Bertz CT molecular complexity index is 1000. The quantitative estimate of drug-likeness (QED) is 0.603. The van der Waals surface area contributed by atoms with Gasteiger partial charge < -0.3 is 19.7 Å². The molecular formula is C20H22N4O4S. The Kier molecular flexibility index (Phi) is 5.89. The molecule has 0 bridgehead atoms. The van der Waals surface area contributed by atoms with Crippen LogP contribution in [0.25, 0.3) is 10.1 Å². The maximum atomic E-state index is 12.8. The molecule has 2 amide bonds. The minimum atomic E-state index is -0.380. The largest absolute Gasteiger partial charge is 0.383 e. The van der Waals surface area contributed by atoms with E-state index in [9.17, 15) is 9.59 Å². The molecule has 3 heterocycles. The minimum absolute atomic E-state index is 0.124. The summed E-state index contributed by atoms with van der Waals surface area (Å²) in [6.07, 6.45) is 1.18. The lowest BCUT2D eigenvalue weighted by Gasteiger charge is -2.33. The van der Waals surface area contributed by atoms with Crippen LogP contribution in [0.3, 0.4) is 0 Å². The fourth-order valence-corrected chi connectivity index (χ4v) is 4.63. The van der Waals surface area contributed by atoms with E-state index in [0.29, 0.717) is 43.4 Å². The Hall–Kier alpha value is -2.75. The van der Waals surface area contributed by atoms with Crippen molar-refractivity contribution in [3.8, 4) is 0 Å². The molecule has 0 aliphatic carbocycles. The molecule has 4 rings (SSSR count). The molecule has 2 N–H and O–H groups in total. The zero-order valence-corrected chi connectivity index (χ0v) is 16.8. The Morgan fingerprint density at radius 2 is 2.24 bits per heavy atom. The number of amides is 2. The first kappa shape index (κ1) is 19.6. The highest BCUT2D eigenvalue weighted by Crippen LogP contribution is 2.38. The number of thiophene rings is 1. The predicted molar refractivity (Wildman–Crippen MR) is 109 cm³/mol. The van der Waals surface area contributed by atoms with Crippen LogP contribution in [-0.4, -0.2) is 66.9 Å². The summed E-state index contributed by atoms with van der Waals surface area (Å²) in [5, 5.41) is 10.4. The van der Waals surface area contributed by atoms with Crippen LogP contribution >= 0.6 is 11.3 Å². The Morgan fingerprint density at radius 1 is 1.38 bits per heavy atom. The standard InChI is InChI=1S/C20H22N4O4S/c1-27-10-8-21-19(25)18-17(13-4-2-3-5-16(13)29-18)15-12-24(9-11-28-15)20(26)14-6-7-22-23-14/h2-7,15H,8-12H2,1H3,(H,21,25)(H,22,23). The van der Waals surface area contributed by atoms with Gasteiger partial charge in [0, 0.05) is 36.7 Å². The second-order valence-electron chi connectivity index (χ2n) is 6.67. The molecule has 0 saturated carbocycles. The molecule has 1 unspecified atom stereocenters. The molecule has 8 nitrogen and oxygen atoms in total. The number of morpholine rings is 1. The molecule has 0 spiro atoms. The van der Waals surface area contributed by atoms with Crippen LogP contribution in [0, 0.1) is 0 Å². The summed E-state index contributed by atoms with van der Waals surface area (Å²) in [6, 6.07) is 9.53. The van der Waals surface area contributed by atoms with E-state index in [2.05, 4.69) is 15.5 Å². The topological polar surface area (TPSA) is 96.5 Å². The third-order valence-electron chi connectivity index (χ3n) is 4.84. The molecule has 152 valence electrons. The number of H-pyrrole nitrogens is 1. The van der Waals surface area contributed by atoms with Crippen molar-refractivity contribution in [2.75, 3.05) is 40.0 Å². The van der Waals surface area contributed by atoms with Gasteiger partial charge in [-0.3, -0.25) is 14.7 Å². The summed E-state index contributed by atoms with van der Waals surface area (Å²) in [7, 11) is 1.60. The second-order valence-corrected chi connectivity index (χ2v) is 7.72. The number of nitrogens with one attached hydrogen (secondary N) is 2. The number of benzene rings is 1. The van der Waals surface area contributed by atoms with Crippen molar-refractivity contribution in [2.24, 2.45) is 0 Å². The summed E-state index contributed by atoms with van der Waals surface area (Å²) >= 11 is 1.44. The van der Waals surface area contributed by atoms with Gasteiger partial charge in [-0.1, -0.05) is 18.2 Å². The van der Waals surface area contributed by atoms with Crippen molar-refractivity contribution in [1.82, 2.24) is 20.4 Å². The van der Waals surface area contributed by atoms with E-state index < -0.39 is 0 Å². The van der Waals surface area contributed by atoms with Crippen LogP contribution in [0.4, 0.5) is 0 Å². The maximum Gasteiger partial charge on any atom is 0.272 e. The number of ether oxygens (including phenoxy) is 2. The van der Waals surface area contributed by atoms with Gasteiger partial charge in [-0.25, -0.2) is 0 Å². The molecular weight excluding hydrogens is 392 g/mol. The van der Waals surface area contributed by atoms with E-state index in [1.807, 2.05) is 24.3 Å². The molecule has 3 aromatic rings. The van der Waals surface area contributed by atoms with Gasteiger partial charge in [0.05, 0.1) is 24.6 Å². The first-order chi connectivity index (χ1) is 14.2. The van der Waals surface area contributed by atoms with Gasteiger partial charge in [-0.15, -0.1) is 11.3 Å². The summed E-state index contributed by atoms with van der Waals surface area (Å²) in [5.74, 6) is -0.278. The zero-order chi connectivity index (χ0) is 20.2. The minimum Gasteiger partial charge on any atom is -0.383 e. The number of hydrogen-bond acceptors (Lipinski definition) is 6. The summed E-state index contributed by atoms with van der Waals surface area (Å²) < 4.78 is 12.1. The number of fused-ring (bicyclic) bond motifs is 1. The number of methoxy groups -OCH3 is 1. The maximum absolute atomic E-state index is 12.8. The summed E-state index contributed by atoms with van der Waals surface area (Å²) in [5.41, 5.74) is 1.28. The summed E-state index contributed by atoms with van der Waals surface area (Å²) in [6.45, 7) is 2.14. The molecule has 9 heteroatoms. The van der Waals surface area contributed by atoms with E-state index in [1.165, 1.54) is 11.3 Å². The van der Waals surface area contributed by atoms with Crippen molar-refractivity contribution in [3.63, 3.8) is 0 Å². The molecule has 1 atom stereocenters. The average molecular weight is 414 g/mol. The van der Waals surface area contributed by atoms with E-state index in [1.54, 1.807) is 24.3 Å². The fraction of sp³-hybridized carbons (Fsp3) is 0.350. The van der Waals surface area contributed by atoms with Gasteiger partial charge in [0.15, 0.2) is 0 Å². The molecule has 1 aliphatic heterocycles. The predicted octanol–water partition coefficient (Wildman–Crippen LogP) is 2.21. The van der Waals surface area contributed by atoms with Crippen molar-refractivity contribution in [1.29, 1.82) is 0 Å². The normalized spacial score (nSPS) is 16.9. The Morgan fingerprint density at radius 3 is 3.03 bits per heavy atom. The van der Waals surface area contributed by atoms with Gasteiger partial charge in [0.1, 0.15) is 11.8 Å². The van der Waals surface area contributed by atoms with Crippen LogP contribution in [0.15, 0.2) is 36.5 Å². The number of aromatic nitrogens is 2. The van der Waals surface area contributed by atoms with Crippen molar-refractivity contribution >= 4 is 33.2 Å². The van der Waals surface area contributed by atoms with Crippen LogP contribution in [-0.2, 0) is 9.47 Å². The smallest absolute Gasteiger partial charge is 0.272 e. The van der Waals surface area contributed by atoms with Crippen molar-refractivity contribution in [3.05, 3.63) is 52.7 Å². The van der Waals surface area contributed by atoms with Crippen LogP contribution in [0.1, 0.15) is 31.8 Å². The highest BCUT2D eigenvalue weighted by molar-refractivity contribution is 7.21. The van der Waals surface area contributed by atoms with Crippen molar-refractivity contribution in [2.45, 2.75) is 6.10 Å². The molecule has 2 aromatic heterocycles. The highest BCUT2D eigenvalue weighted by atomic mass is 32.1. The molecule has 29 heavy (non-hydrogen) atoms. The highest BCUT2D eigenvalue weighted by Gasteiger charge is 2.32. The Labute approximate surface area is 171 Å². The number of nitrogens with zero attached hydrogens (tertiary/aromatic N) is 2. The molecule has 1 aliphatic rings. The molecule has 1 aromatic carbocycles. The van der Waals surface area contributed by atoms with E-state index in [-0.39, 0.29) is 17.9 Å². The molecule has 0 radical (unpaired) electrons. The SMILES string of the molecule is COCCNC(=O)c1sc2ccccc2c1C1CN(C(=O)c2ccn[nH]2)CCO1. The number of hydrogen-bond donors (Lipinski definition) is 2. The lowest BCUT2D eigenvalue weighted by atomic mass is 10.0. The lowest BCUT2D eigenvalue weighted by molar-refractivity contribution is -0.0224. The lowest BCUT2D eigenvalue weighted by Crippen LogP contribution is -2.42. The number of aromatic amines is 1. The van der Waals surface area contributed by atoms with Gasteiger partial charge in [0.25, 0.3) is 11.8 Å². The van der Waals surface area contributed by atoms with E-state index in [0.717, 1.165) is 15.6 Å².